The Kier molecular flexibility index (Phi) is 4.32. The number of aryl methyl sites for hydroxylation is 1. The Balaban J connectivity index is 1.41. The van der Waals surface area contributed by atoms with Crippen molar-refractivity contribution in [2.75, 3.05) is 25.7 Å². The largest absolute Gasteiger partial charge is 0.454 e. The van der Waals surface area contributed by atoms with Crippen LogP contribution in [0.1, 0.15) is 30.0 Å². The maximum atomic E-state index is 12.5. The molecule has 2 aromatic carbocycles. The molecule has 2 aromatic rings. The number of hydrogen-bond acceptors (Lipinski definition) is 3. The number of quaternary nitrogens is 1. The van der Waals surface area contributed by atoms with Gasteiger partial charge in [0.1, 0.15) is 6.04 Å². The Hall–Kier alpha value is -2.53. The van der Waals surface area contributed by atoms with E-state index in [1.54, 1.807) is 0 Å². The lowest BCUT2D eigenvalue weighted by Crippen LogP contribution is -3.10. The summed E-state index contributed by atoms with van der Waals surface area (Å²) in [7, 11) is 2.10. The van der Waals surface area contributed by atoms with Gasteiger partial charge in [0.2, 0.25) is 6.79 Å². The summed E-state index contributed by atoms with van der Waals surface area (Å²) in [5.41, 5.74) is 3.56. The summed E-state index contributed by atoms with van der Waals surface area (Å²) in [5.74, 6) is 1.42. The minimum atomic E-state index is 0.0134. The van der Waals surface area contributed by atoms with Crippen molar-refractivity contribution in [2.45, 2.75) is 25.3 Å². The van der Waals surface area contributed by atoms with Gasteiger partial charge in [0, 0.05) is 23.7 Å². The normalized spacial score (nSPS) is 19.2. The first-order chi connectivity index (χ1) is 12.2. The van der Waals surface area contributed by atoms with E-state index in [4.69, 9.17) is 9.47 Å². The van der Waals surface area contributed by atoms with E-state index in [2.05, 4.69) is 36.6 Å². The van der Waals surface area contributed by atoms with E-state index in [9.17, 15) is 4.79 Å². The van der Waals surface area contributed by atoms with Crippen LogP contribution in [0.15, 0.2) is 42.5 Å². The fraction of sp³-hybridized carbons (Fsp3) is 0.350. The molecule has 0 radical (unpaired) electrons. The number of amides is 1. The van der Waals surface area contributed by atoms with E-state index in [0.29, 0.717) is 18.3 Å². The maximum Gasteiger partial charge on any atom is 0.279 e. The van der Waals surface area contributed by atoms with Crippen LogP contribution < -0.4 is 19.7 Å². The van der Waals surface area contributed by atoms with Gasteiger partial charge < -0.3 is 19.7 Å². The van der Waals surface area contributed by atoms with Crippen LogP contribution in [0.4, 0.5) is 5.69 Å². The quantitative estimate of drug-likeness (QED) is 0.895. The molecule has 0 saturated heterocycles. The number of anilines is 1. The van der Waals surface area contributed by atoms with E-state index in [1.165, 1.54) is 22.4 Å². The molecule has 4 rings (SSSR count). The number of likely N-dealkylation sites (N-methyl/N-ethyl adjacent to an activating group) is 1. The fourth-order valence-corrected chi connectivity index (χ4v) is 3.82. The highest BCUT2D eigenvalue weighted by molar-refractivity contribution is 5.91. The van der Waals surface area contributed by atoms with Gasteiger partial charge in [-0.15, -0.1) is 0 Å². The highest BCUT2D eigenvalue weighted by Crippen LogP contribution is 2.34. The fourth-order valence-electron chi connectivity index (χ4n) is 3.82. The summed E-state index contributed by atoms with van der Waals surface area (Å²) in [5, 5.41) is 2.97. The molecule has 25 heavy (non-hydrogen) atoms. The Morgan fingerprint density at radius 2 is 2.04 bits per heavy atom. The smallest absolute Gasteiger partial charge is 0.279 e. The summed E-state index contributed by atoms with van der Waals surface area (Å²) in [6.07, 6.45) is 3.45. The number of fused-ring (bicyclic) bond motifs is 2. The summed E-state index contributed by atoms with van der Waals surface area (Å²) >= 11 is 0. The van der Waals surface area contributed by atoms with Crippen LogP contribution in [-0.2, 0) is 11.2 Å². The molecular weight excluding hydrogens is 316 g/mol. The summed E-state index contributed by atoms with van der Waals surface area (Å²) in [6.45, 7) is 0.675. The molecule has 1 aliphatic carbocycles. The molecule has 2 aliphatic rings. The van der Waals surface area contributed by atoms with E-state index in [0.717, 1.165) is 24.3 Å². The monoisotopic (exact) mass is 339 g/mol. The van der Waals surface area contributed by atoms with Crippen LogP contribution in [0.5, 0.6) is 11.5 Å². The van der Waals surface area contributed by atoms with Crippen LogP contribution >= 0.6 is 0 Å². The van der Waals surface area contributed by atoms with Crippen molar-refractivity contribution in [3.63, 3.8) is 0 Å². The standard InChI is InChI=1S/C20H22N2O3/c1-22(17-8-4-6-14-5-2-3-7-16(14)17)12-20(23)21-15-9-10-18-19(11-15)25-13-24-18/h2-3,5,7,9-11,17H,4,6,8,12-13H2,1H3,(H,21,23)/p+1/t17-/m1/s1. The Bertz CT molecular complexity index is 790. The van der Waals surface area contributed by atoms with Gasteiger partial charge in [0.05, 0.1) is 7.05 Å². The second-order valence-electron chi connectivity index (χ2n) is 6.78. The molecule has 5 heteroatoms. The van der Waals surface area contributed by atoms with Crippen LogP contribution in [0.3, 0.4) is 0 Å². The highest BCUT2D eigenvalue weighted by atomic mass is 16.7. The lowest BCUT2D eigenvalue weighted by atomic mass is 9.87. The molecule has 1 unspecified atom stereocenters. The molecule has 2 N–H and O–H groups in total. The van der Waals surface area contributed by atoms with Crippen LogP contribution in [0.25, 0.3) is 0 Å². The summed E-state index contributed by atoms with van der Waals surface area (Å²) < 4.78 is 10.7. The van der Waals surface area contributed by atoms with Gasteiger partial charge in [-0.25, -0.2) is 0 Å². The Labute approximate surface area is 147 Å². The molecule has 5 nitrogen and oxygen atoms in total. The van der Waals surface area contributed by atoms with E-state index < -0.39 is 0 Å². The van der Waals surface area contributed by atoms with Gasteiger partial charge >= 0.3 is 0 Å². The van der Waals surface area contributed by atoms with Crippen molar-refractivity contribution in [1.29, 1.82) is 0 Å². The maximum absolute atomic E-state index is 12.5. The predicted molar refractivity (Wildman–Crippen MR) is 95.1 cm³/mol. The zero-order chi connectivity index (χ0) is 17.2. The molecule has 2 atom stereocenters. The van der Waals surface area contributed by atoms with Crippen molar-refractivity contribution < 1.29 is 19.2 Å². The lowest BCUT2D eigenvalue weighted by Gasteiger charge is -2.30. The van der Waals surface area contributed by atoms with Gasteiger partial charge in [-0.1, -0.05) is 24.3 Å². The molecule has 0 bridgehead atoms. The summed E-state index contributed by atoms with van der Waals surface area (Å²) in [4.78, 5) is 13.7. The van der Waals surface area contributed by atoms with E-state index >= 15 is 0 Å². The van der Waals surface area contributed by atoms with Crippen molar-refractivity contribution in [3.8, 4) is 11.5 Å². The first-order valence-corrected chi connectivity index (χ1v) is 8.80. The molecule has 1 aliphatic heterocycles. The van der Waals surface area contributed by atoms with Crippen LogP contribution in [0.2, 0.25) is 0 Å². The molecular formula is C20H23N2O3+. The van der Waals surface area contributed by atoms with Crippen molar-refractivity contribution in [2.24, 2.45) is 0 Å². The predicted octanol–water partition coefficient (Wildman–Crippen LogP) is 1.95. The summed E-state index contributed by atoms with van der Waals surface area (Å²) in [6, 6.07) is 14.5. The molecule has 1 amide bonds. The number of ether oxygens (including phenoxy) is 2. The number of carbonyl (C=O) groups excluding carboxylic acids is 1. The molecule has 0 spiro atoms. The third-order valence-corrected chi connectivity index (χ3v) is 5.06. The topological polar surface area (TPSA) is 52.0 Å². The number of benzene rings is 2. The zero-order valence-electron chi connectivity index (χ0n) is 14.4. The van der Waals surface area contributed by atoms with E-state index in [-0.39, 0.29) is 12.7 Å². The SMILES string of the molecule is C[NH+](CC(=O)Nc1ccc2c(c1)OCO2)[C@@H]1CCCc2ccccc21. The third kappa shape index (κ3) is 3.33. The minimum absolute atomic E-state index is 0.0134. The number of nitrogens with one attached hydrogen (secondary N) is 2. The van der Waals surface area contributed by atoms with Gasteiger partial charge in [-0.2, -0.15) is 0 Å². The molecule has 130 valence electrons. The van der Waals surface area contributed by atoms with Gasteiger partial charge in [0.25, 0.3) is 5.91 Å². The van der Waals surface area contributed by atoms with Crippen LogP contribution in [0, 0.1) is 0 Å². The van der Waals surface area contributed by atoms with E-state index in [1.807, 2.05) is 18.2 Å². The average Bonchev–Trinajstić information content (AvgIpc) is 3.08. The van der Waals surface area contributed by atoms with Gasteiger partial charge in [0.15, 0.2) is 18.0 Å². The van der Waals surface area contributed by atoms with Gasteiger partial charge in [-0.05, 0) is 30.5 Å². The second-order valence-corrected chi connectivity index (χ2v) is 6.78. The molecule has 0 aromatic heterocycles. The number of carbonyl (C=O) groups is 1. The number of rotatable bonds is 4. The molecule has 0 saturated carbocycles. The Morgan fingerprint density at radius 3 is 2.96 bits per heavy atom. The Morgan fingerprint density at radius 1 is 1.20 bits per heavy atom. The third-order valence-electron chi connectivity index (χ3n) is 5.06. The molecule has 1 heterocycles. The number of hydrogen-bond donors (Lipinski definition) is 2. The first kappa shape index (κ1) is 16.0. The minimum Gasteiger partial charge on any atom is -0.454 e. The van der Waals surface area contributed by atoms with Crippen molar-refractivity contribution in [1.82, 2.24) is 0 Å². The van der Waals surface area contributed by atoms with Crippen molar-refractivity contribution in [3.05, 3.63) is 53.6 Å². The zero-order valence-corrected chi connectivity index (χ0v) is 14.4. The van der Waals surface area contributed by atoms with Gasteiger partial charge in [-0.3, -0.25) is 4.79 Å². The molecule has 0 fully saturated rings. The van der Waals surface area contributed by atoms with Crippen LogP contribution in [-0.4, -0.2) is 26.3 Å². The first-order valence-electron chi connectivity index (χ1n) is 8.80. The van der Waals surface area contributed by atoms with Crippen molar-refractivity contribution >= 4 is 11.6 Å². The average molecular weight is 339 g/mol. The highest BCUT2D eigenvalue weighted by Gasteiger charge is 2.28. The lowest BCUT2D eigenvalue weighted by molar-refractivity contribution is -0.905. The second kappa shape index (κ2) is 6.76.